The molecule has 0 N–H and O–H groups in total. The van der Waals surface area contributed by atoms with Gasteiger partial charge in [0.05, 0.1) is 7.11 Å². The third-order valence-electron chi connectivity index (χ3n) is 2.37. The van der Waals surface area contributed by atoms with E-state index in [1.807, 2.05) is 32.0 Å². The lowest BCUT2D eigenvalue weighted by Gasteiger charge is -2.15. The zero-order valence-corrected chi connectivity index (χ0v) is 11.7. The van der Waals surface area contributed by atoms with Crippen molar-refractivity contribution in [1.29, 1.82) is 0 Å². The first-order valence-corrected chi connectivity index (χ1v) is 6.80. The van der Waals surface area contributed by atoms with Crippen LogP contribution in [0.2, 0.25) is 0 Å². The van der Waals surface area contributed by atoms with E-state index in [0.29, 0.717) is 5.56 Å². The zero-order chi connectivity index (χ0) is 13.5. The minimum atomic E-state index is -0.428. The Morgan fingerprint density at radius 2 is 1.83 bits per heavy atom. The topological polar surface area (TPSA) is 43.4 Å². The smallest absolute Gasteiger partial charge is 0.319 e. The van der Waals surface area contributed by atoms with E-state index in [0.717, 1.165) is 0 Å². The summed E-state index contributed by atoms with van der Waals surface area (Å²) in [5.74, 6) is -0.364. The van der Waals surface area contributed by atoms with E-state index in [2.05, 4.69) is 0 Å². The van der Waals surface area contributed by atoms with Gasteiger partial charge in [-0.15, -0.1) is 11.8 Å². The van der Waals surface area contributed by atoms with Gasteiger partial charge in [0.25, 0.3) is 0 Å². The number of rotatable bonds is 6. The van der Waals surface area contributed by atoms with Crippen molar-refractivity contribution in [3.05, 3.63) is 35.9 Å². The summed E-state index contributed by atoms with van der Waals surface area (Å²) in [6, 6.07) is 9.01. The molecule has 18 heavy (non-hydrogen) atoms. The molecule has 0 saturated carbocycles. The second-order valence-corrected chi connectivity index (χ2v) is 5.97. The van der Waals surface area contributed by atoms with Crippen molar-refractivity contribution in [2.45, 2.75) is 30.8 Å². The van der Waals surface area contributed by atoms with Gasteiger partial charge in [-0.3, -0.25) is 9.59 Å². The normalized spacial score (nSPS) is 12.2. The molecule has 98 valence electrons. The summed E-state index contributed by atoms with van der Waals surface area (Å²) >= 11 is 1.46. The number of methoxy groups -OCH3 is 1. The lowest BCUT2D eigenvalue weighted by molar-refractivity contribution is -0.139. The molecule has 0 spiro atoms. The van der Waals surface area contributed by atoms with Gasteiger partial charge >= 0.3 is 5.97 Å². The summed E-state index contributed by atoms with van der Waals surface area (Å²) < 4.78 is 4.74. The molecule has 0 saturated heterocycles. The number of carbonyl (C=O) groups is 2. The molecule has 0 aromatic heterocycles. The highest BCUT2D eigenvalue weighted by Gasteiger charge is 2.24. The van der Waals surface area contributed by atoms with Crippen LogP contribution in [0.5, 0.6) is 0 Å². The summed E-state index contributed by atoms with van der Waals surface area (Å²) in [5, 5.41) is -0.152. The zero-order valence-electron chi connectivity index (χ0n) is 10.9. The lowest BCUT2D eigenvalue weighted by Crippen LogP contribution is -2.24. The molecule has 0 aliphatic heterocycles. The fraction of sp³-hybridized carbons (Fsp3) is 0.429. The molecular weight excluding hydrogens is 248 g/mol. The molecular formula is C14H18O3S. The van der Waals surface area contributed by atoms with Crippen molar-refractivity contribution < 1.29 is 14.3 Å². The monoisotopic (exact) mass is 266 g/mol. The highest BCUT2D eigenvalue weighted by molar-refractivity contribution is 8.01. The number of hydrogen-bond acceptors (Lipinski definition) is 4. The number of carbonyl (C=O) groups excluding carboxylic acids is 2. The standard InChI is InChI=1S/C14H18O3S/c1-10(2)18-13(14(16)17-3)9-12(15)11-7-5-4-6-8-11/h4-8,10,13H,9H2,1-3H3. The Morgan fingerprint density at radius 1 is 1.22 bits per heavy atom. The Labute approximate surface area is 112 Å². The molecule has 1 unspecified atom stereocenters. The minimum Gasteiger partial charge on any atom is -0.468 e. The molecule has 0 radical (unpaired) electrons. The van der Waals surface area contributed by atoms with Crippen LogP contribution in [0.3, 0.4) is 0 Å². The number of ether oxygens (including phenoxy) is 1. The SMILES string of the molecule is COC(=O)C(CC(=O)c1ccccc1)SC(C)C. The first-order valence-electron chi connectivity index (χ1n) is 5.86. The third-order valence-corrected chi connectivity index (χ3v) is 3.60. The van der Waals surface area contributed by atoms with Crippen LogP contribution >= 0.6 is 11.8 Å². The molecule has 4 heteroatoms. The van der Waals surface area contributed by atoms with Crippen molar-refractivity contribution >= 4 is 23.5 Å². The van der Waals surface area contributed by atoms with E-state index in [1.54, 1.807) is 12.1 Å². The van der Waals surface area contributed by atoms with Crippen molar-refractivity contribution in [2.75, 3.05) is 7.11 Å². The van der Waals surface area contributed by atoms with Crippen LogP contribution in [0.1, 0.15) is 30.6 Å². The fourth-order valence-corrected chi connectivity index (χ4v) is 2.67. The van der Waals surface area contributed by atoms with E-state index < -0.39 is 5.25 Å². The van der Waals surface area contributed by atoms with Crippen LogP contribution in [-0.2, 0) is 9.53 Å². The van der Waals surface area contributed by atoms with Crippen LogP contribution in [0.4, 0.5) is 0 Å². The predicted octanol–water partition coefficient (Wildman–Crippen LogP) is 2.94. The highest BCUT2D eigenvalue weighted by Crippen LogP contribution is 2.23. The molecule has 0 bridgehead atoms. The van der Waals surface area contributed by atoms with Gasteiger partial charge < -0.3 is 4.74 Å². The Balaban J connectivity index is 2.71. The Morgan fingerprint density at radius 3 is 2.33 bits per heavy atom. The van der Waals surface area contributed by atoms with Crippen molar-refractivity contribution in [2.24, 2.45) is 0 Å². The average molecular weight is 266 g/mol. The molecule has 0 heterocycles. The predicted molar refractivity (Wildman–Crippen MR) is 73.9 cm³/mol. The van der Waals surface area contributed by atoms with Crippen LogP contribution < -0.4 is 0 Å². The summed E-state index contributed by atoms with van der Waals surface area (Å²) in [5.41, 5.74) is 0.635. The van der Waals surface area contributed by atoms with E-state index in [-0.39, 0.29) is 23.4 Å². The molecule has 1 aromatic carbocycles. The van der Waals surface area contributed by atoms with Gasteiger partial charge in [-0.25, -0.2) is 0 Å². The maximum absolute atomic E-state index is 12.0. The van der Waals surface area contributed by atoms with Crippen molar-refractivity contribution in [3.8, 4) is 0 Å². The van der Waals surface area contributed by atoms with E-state index in [4.69, 9.17) is 4.74 Å². The number of thioether (sulfide) groups is 1. The molecule has 0 amide bonds. The molecule has 3 nitrogen and oxygen atoms in total. The quantitative estimate of drug-likeness (QED) is 0.586. The summed E-state index contributed by atoms with van der Waals surface area (Å²) in [6.45, 7) is 3.99. The largest absolute Gasteiger partial charge is 0.468 e. The number of esters is 1. The van der Waals surface area contributed by atoms with Gasteiger partial charge in [-0.1, -0.05) is 44.2 Å². The van der Waals surface area contributed by atoms with Gasteiger partial charge in [-0.2, -0.15) is 0 Å². The third kappa shape index (κ3) is 4.53. The molecule has 1 atom stereocenters. The number of Topliss-reactive ketones (excluding diaryl/α,β-unsaturated/α-hetero) is 1. The number of hydrogen-bond donors (Lipinski definition) is 0. The van der Waals surface area contributed by atoms with E-state index in [9.17, 15) is 9.59 Å². The van der Waals surface area contributed by atoms with Gasteiger partial charge in [0.15, 0.2) is 5.78 Å². The summed E-state index contributed by atoms with van der Waals surface area (Å²) in [7, 11) is 1.35. The van der Waals surface area contributed by atoms with Crippen LogP contribution in [0, 0.1) is 0 Å². The number of ketones is 1. The highest BCUT2D eigenvalue weighted by atomic mass is 32.2. The van der Waals surface area contributed by atoms with Gasteiger partial charge in [0.1, 0.15) is 5.25 Å². The van der Waals surface area contributed by atoms with E-state index in [1.165, 1.54) is 18.9 Å². The van der Waals surface area contributed by atoms with Crippen molar-refractivity contribution in [1.82, 2.24) is 0 Å². The molecule has 1 aromatic rings. The van der Waals surface area contributed by atoms with Gasteiger partial charge in [0, 0.05) is 12.0 Å². The van der Waals surface area contributed by atoms with Crippen LogP contribution in [-0.4, -0.2) is 29.4 Å². The fourth-order valence-electron chi connectivity index (χ4n) is 1.56. The van der Waals surface area contributed by atoms with Crippen molar-refractivity contribution in [3.63, 3.8) is 0 Å². The maximum atomic E-state index is 12.0. The molecule has 0 aliphatic rings. The first-order chi connectivity index (χ1) is 8.54. The summed E-state index contributed by atoms with van der Waals surface area (Å²) in [6.07, 6.45) is 0.180. The van der Waals surface area contributed by atoms with Gasteiger partial charge in [0.2, 0.25) is 0 Å². The molecule has 0 aliphatic carbocycles. The lowest BCUT2D eigenvalue weighted by atomic mass is 10.1. The van der Waals surface area contributed by atoms with Crippen LogP contribution in [0.15, 0.2) is 30.3 Å². The maximum Gasteiger partial charge on any atom is 0.319 e. The Kier molecular flexibility index (Phi) is 5.92. The first kappa shape index (κ1) is 14.8. The van der Waals surface area contributed by atoms with E-state index >= 15 is 0 Å². The average Bonchev–Trinajstić information content (AvgIpc) is 2.37. The number of benzene rings is 1. The van der Waals surface area contributed by atoms with Crippen LogP contribution in [0.25, 0.3) is 0 Å². The molecule has 1 rings (SSSR count). The minimum absolute atomic E-state index is 0.0286. The summed E-state index contributed by atoms with van der Waals surface area (Å²) in [4.78, 5) is 23.7. The Hall–Kier alpha value is -1.29. The second kappa shape index (κ2) is 7.21. The Bertz CT molecular complexity index is 401. The van der Waals surface area contributed by atoms with Gasteiger partial charge in [-0.05, 0) is 5.25 Å². The second-order valence-electron chi connectivity index (χ2n) is 4.19. The molecule has 0 fully saturated rings.